The van der Waals surface area contributed by atoms with Crippen LogP contribution in [0.4, 0.5) is 5.82 Å². The quantitative estimate of drug-likeness (QED) is 0.853. The van der Waals surface area contributed by atoms with Crippen molar-refractivity contribution in [2.45, 2.75) is 43.8 Å². The molecule has 0 spiro atoms. The van der Waals surface area contributed by atoms with Crippen LogP contribution in [0.15, 0.2) is 17.8 Å². The Bertz CT molecular complexity index is 567. The average molecular weight is 260 g/mol. The molecule has 4 nitrogen and oxygen atoms in total. The van der Waals surface area contributed by atoms with Crippen LogP contribution in [0.25, 0.3) is 10.2 Å². The summed E-state index contributed by atoms with van der Waals surface area (Å²) in [5.41, 5.74) is 7.20. The van der Waals surface area contributed by atoms with Crippen molar-refractivity contribution in [3.05, 3.63) is 17.8 Å². The monoisotopic (exact) mass is 260 g/mol. The summed E-state index contributed by atoms with van der Waals surface area (Å²) in [4.78, 5) is 11.4. The topological polar surface area (TPSA) is 55.0 Å². The van der Waals surface area contributed by atoms with E-state index in [-0.39, 0.29) is 0 Å². The van der Waals surface area contributed by atoms with Gasteiger partial charge in [0, 0.05) is 18.1 Å². The summed E-state index contributed by atoms with van der Waals surface area (Å²) in [6, 6.07) is 3.61. The minimum atomic E-state index is 0.374. The number of hydrogen-bond donors (Lipinski definition) is 1. The van der Waals surface area contributed by atoms with Crippen LogP contribution < -0.4 is 10.6 Å². The Kier molecular flexibility index (Phi) is 2.32. The molecule has 2 aromatic heterocycles. The third-order valence-corrected chi connectivity index (χ3v) is 5.14. The molecule has 18 heavy (non-hydrogen) atoms. The van der Waals surface area contributed by atoms with Crippen molar-refractivity contribution >= 4 is 27.4 Å². The minimum absolute atomic E-state index is 0.374. The zero-order valence-corrected chi connectivity index (χ0v) is 10.9. The second kappa shape index (κ2) is 3.90. The Morgan fingerprint density at radius 3 is 2.78 bits per heavy atom. The molecule has 4 rings (SSSR count). The van der Waals surface area contributed by atoms with Gasteiger partial charge >= 0.3 is 0 Å². The Labute approximate surface area is 110 Å². The summed E-state index contributed by atoms with van der Waals surface area (Å²) in [6.07, 6.45) is 6.42. The molecule has 2 unspecified atom stereocenters. The van der Waals surface area contributed by atoms with Crippen molar-refractivity contribution in [2.24, 2.45) is 5.73 Å². The smallest absolute Gasteiger partial charge is 0.150 e. The number of anilines is 1. The number of aromatic nitrogens is 2. The van der Waals surface area contributed by atoms with E-state index in [1.165, 1.54) is 17.5 Å². The van der Waals surface area contributed by atoms with Gasteiger partial charge in [-0.2, -0.15) is 0 Å². The first kappa shape index (κ1) is 10.7. The normalized spacial score (nSPS) is 31.2. The van der Waals surface area contributed by atoms with Gasteiger partial charge < -0.3 is 10.6 Å². The van der Waals surface area contributed by atoms with Crippen LogP contribution in [0.5, 0.6) is 0 Å². The summed E-state index contributed by atoms with van der Waals surface area (Å²) in [7, 11) is 0. The van der Waals surface area contributed by atoms with Gasteiger partial charge in [-0.15, -0.1) is 11.3 Å². The number of thiophene rings is 1. The number of nitrogens with zero attached hydrogens (tertiary/aromatic N) is 3. The summed E-state index contributed by atoms with van der Waals surface area (Å²) < 4.78 is 1.23. The summed E-state index contributed by atoms with van der Waals surface area (Å²) in [5.74, 6) is 1.13. The van der Waals surface area contributed by atoms with E-state index in [4.69, 9.17) is 5.73 Å². The predicted octanol–water partition coefficient (Wildman–Crippen LogP) is 2.15. The predicted molar refractivity (Wildman–Crippen MR) is 73.9 cm³/mol. The Morgan fingerprint density at radius 2 is 2.00 bits per heavy atom. The highest BCUT2D eigenvalue weighted by atomic mass is 32.1. The maximum atomic E-state index is 6.13. The largest absolute Gasteiger partial charge is 0.349 e. The number of piperidine rings is 1. The lowest BCUT2D eigenvalue weighted by Crippen LogP contribution is -2.47. The number of fused-ring (bicyclic) bond motifs is 3. The van der Waals surface area contributed by atoms with E-state index in [0.29, 0.717) is 18.1 Å². The number of rotatable bonds is 1. The van der Waals surface area contributed by atoms with Crippen LogP contribution in [0.3, 0.4) is 0 Å². The third-order valence-electron chi connectivity index (χ3n) is 4.24. The second-order valence-corrected chi connectivity index (χ2v) is 6.27. The van der Waals surface area contributed by atoms with E-state index in [1.807, 2.05) is 0 Å². The lowest BCUT2D eigenvalue weighted by Gasteiger charge is -2.38. The molecule has 5 heteroatoms. The van der Waals surface area contributed by atoms with Crippen molar-refractivity contribution in [3.8, 4) is 0 Å². The van der Waals surface area contributed by atoms with Gasteiger partial charge in [0.05, 0.1) is 10.2 Å². The molecule has 2 aromatic rings. The van der Waals surface area contributed by atoms with E-state index >= 15 is 0 Å². The van der Waals surface area contributed by atoms with E-state index < -0.39 is 0 Å². The molecule has 2 fully saturated rings. The maximum Gasteiger partial charge on any atom is 0.150 e. The molecule has 0 radical (unpaired) electrons. The fourth-order valence-electron chi connectivity index (χ4n) is 3.52. The fourth-order valence-corrected chi connectivity index (χ4v) is 4.36. The van der Waals surface area contributed by atoms with Crippen LogP contribution in [0.1, 0.15) is 25.7 Å². The van der Waals surface area contributed by atoms with Gasteiger partial charge in [0.2, 0.25) is 0 Å². The highest BCUT2D eigenvalue weighted by Crippen LogP contribution is 2.41. The molecule has 2 bridgehead atoms. The zero-order valence-electron chi connectivity index (χ0n) is 10.1. The van der Waals surface area contributed by atoms with Crippen LogP contribution in [0, 0.1) is 0 Å². The van der Waals surface area contributed by atoms with Crippen molar-refractivity contribution in [1.29, 1.82) is 0 Å². The van der Waals surface area contributed by atoms with Gasteiger partial charge in [0.1, 0.15) is 6.33 Å². The Morgan fingerprint density at radius 1 is 1.22 bits per heavy atom. The fraction of sp³-hybridized carbons (Fsp3) is 0.538. The highest BCUT2D eigenvalue weighted by molar-refractivity contribution is 7.17. The van der Waals surface area contributed by atoms with Crippen molar-refractivity contribution in [3.63, 3.8) is 0 Å². The summed E-state index contributed by atoms with van der Waals surface area (Å²) in [5, 5.41) is 2.10. The second-order valence-electron chi connectivity index (χ2n) is 5.36. The Balaban J connectivity index is 1.81. The first-order valence-corrected chi connectivity index (χ1v) is 7.43. The van der Waals surface area contributed by atoms with Gasteiger partial charge in [-0.1, -0.05) is 0 Å². The van der Waals surface area contributed by atoms with Crippen molar-refractivity contribution in [2.75, 3.05) is 4.90 Å². The Hall–Kier alpha value is -1.20. The van der Waals surface area contributed by atoms with Crippen LogP contribution >= 0.6 is 11.3 Å². The third kappa shape index (κ3) is 1.47. The van der Waals surface area contributed by atoms with Crippen LogP contribution in [-0.4, -0.2) is 28.1 Å². The van der Waals surface area contributed by atoms with Gasteiger partial charge in [-0.25, -0.2) is 9.97 Å². The lowest BCUT2D eigenvalue weighted by atomic mass is 9.98. The molecule has 0 amide bonds. The van der Waals surface area contributed by atoms with Crippen molar-refractivity contribution < 1.29 is 0 Å². The van der Waals surface area contributed by atoms with Gasteiger partial charge in [0.25, 0.3) is 0 Å². The zero-order chi connectivity index (χ0) is 12.1. The van der Waals surface area contributed by atoms with Crippen molar-refractivity contribution in [1.82, 2.24) is 9.97 Å². The molecule has 0 aliphatic carbocycles. The average Bonchev–Trinajstić information content (AvgIpc) is 2.92. The molecule has 0 saturated carbocycles. The van der Waals surface area contributed by atoms with Gasteiger partial charge in [-0.3, -0.25) is 0 Å². The maximum absolute atomic E-state index is 6.13. The molecule has 2 atom stereocenters. The lowest BCUT2D eigenvalue weighted by molar-refractivity contribution is 0.413. The SMILES string of the molecule is NC1CC2CCC(C1)N2c1ncnc2ccsc12. The molecule has 2 aliphatic rings. The number of nitrogens with two attached hydrogens (primary N) is 1. The highest BCUT2D eigenvalue weighted by Gasteiger charge is 2.40. The molecule has 0 aromatic carbocycles. The van der Waals surface area contributed by atoms with Gasteiger partial charge in [-0.05, 0) is 37.1 Å². The van der Waals surface area contributed by atoms with E-state index in [1.54, 1.807) is 17.7 Å². The molecule has 2 aliphatic heterocycles. The molecule has 94 valence electrons. The van der Waals surface area contributed by atoms with E-state index in [9.17, 15) is 0 Å². The molecule has 4 heterocycles. The molecule has 2 N–H and O–H groups in total. The van der Waals surface area contributed by atoms with Crippen LogP contribution in [0.2, 0.25) is 0 Å². The standard InChI is InChI=1S/C13H16N4S/c14-8-5-9-1-2-10(6-8)17(9)13-12-11(3-4-18-12)15-7-16-13/h3-4,7-10H,1-2,5-6,14H2. The molecular weight excluding hydrogens is 244 g/mol. The summed E-state index contributed by atoms with van der Waals surface area (Å²) in [6.45, 7) is 0. The van der Waals surface area contributed by atoms with E-state index in [2.05, 4.69) is 26.3 Å². The molecule has 2 saturated heterocycles. The summed E-state index contributed by atoms with van der Waals surface area (Å²) >= 11 is 1.74. The first-order chi connectivity index (χ1) is 8.83. The first-order valence-electron chi connectivity index (χ1n) is 6.55. The minimum Gasteiger partial charge on any atom is -0.349 e. The van der Waals surface area contributed by atoms with Gasteiger partial charge in [0.15, 0.2) is 5.82 Å². The molecular formula is C13H16N4S. The van der Waals surface area contributed by atoms with Crippen LogP contribution in [-0.2, 0) is 0 Å². The number of hydrogen-bond acceptors (Lipinski definition) is 5. The van der Waals surface area contributed by atoms with E-state index in [0.717, 1.165) is 24.2 Å².